The van der Waals surface area contributed by atoms with Gasteiger partial charge in [0.1, 0.15) is 0 Å². The van der Waals surface area contributed by atoms with E-state index in [1.165, 1.54) is 7.11 Å². The minimum atomic E-state index is -1.59. The minimum absolute atomic E-state index is 0.0222. The molecule has 0 aromatic carbocycles. The molecule has 0 saturated heterocycles. The Kier molecular flexibility index (Phi) is 7.69. The lowest BCUT2D eigenvalue weighted by Crippen LogP contribution is -2.30. The first-order chi connectivity index (χ1) is 9.81. The highest BCUT2D eigenvalue weighted by atomic mass is 32.2. The van der Waals surface area contributed by atoms with E-state index in [0.29, 0.717) is 12.8 Å². The summed E-state index contributed by atoms with van der Waals surface area (Å²) in [5.74, 6) is 0.971. The Labute approximate surface area is 132 Å². The number of unbranched alkanes of at least 4 members (excludes halogenated alkanes) is 2. The maximum Gasteiger partial charge on any atom is 0.305 e. The van der Waals surface area contributed by atoms with Crippen LogP contribution in [0, 0.1) is 0 Å². The molecule has 6 heteroatoms. The number of Topliss-reactive ketones (excluding diaryl/α,β-unsaturated/α-hetero) is 1. The van der Waals surface area contributed by atoms with Gasteiger partial charge in [0.2, 0.25) is 0 Å². The summed E-state index contributed by atoms with van der Waals surface area (Å²) < 4.78 is 10.6. The van der Waals surface area contributed by atoms with E-state index in [1.54, 1.807) is 11.8 Å². The number of esters is 1. The van der Waals surface area contributed by atoms with E-state index < -0.39 is 8.32 Å². The molecule has 0 aliphatic heterocycles. The van der Waals surface area contributed by atoms with Crippen molar-refractivity contribution in [2.24, 2.45) is 0 Å². The van der Waals surface area contributed by atoms with Crippen molar-refractivity contribution in [1.82, 2.24) is 0 Å². The van der Waals surface area contributed by atoms with Crippen molar-refractivity contribution in [2.75, 3.05) is 12.9 Å². The van der Waals surface area contributed by atoms with E-state index in [9.17, 15) is 9.59 Å². The fourth-order valence-corrected chi connectivity index (χ4v) is 4.22. The summed E-state index contributed by atoms with van der Waals surface area (Å²) in [6, 6.07) is 0. The zero-order valence-electron chi connectivity index (χ0n) is 13.4. The largest absolute Gasteiger partial charge is 0.469 e. The number of hydrogen-bond donors (Lipinski definition) is 0. The maximum atomic E-state index is 11.9. The molecule has 0 bridgehead atoms. The van der Waals surface area contributed by atoms with Gasteiger partial charge in [-0.05, 0) is 44.3 Å². The number of ether oxygens (including phenoxy) is 1. The maximum absolute atomic E-state index is 11.9. The molecule has 0 spiro atoms. The fourth-order valence-electron chi connectivity index (χ4n) is 2.09. The number of carbonyl (C=O) groups is 2. The lowest BCUT2D eigenvalue weighted by Gasteiger charge is -2.21. The molecule has 0 fully saturated rings. The highest BCUT2D eigenvalue weighted by Crippen LogP contribution is 2.29. The Morgan fingerprint density at radius 1 is 1.33 bits per heavy atom. The zero-order chi connectivity index (χ0) is 15.9. The number of ketones is 1. The number of thioether (sulfide) groups is 1. The van der Waals surface area contributed by atoms with Crippen LogP contribution in [0.3, 0.4) is 0 Å². The second-order valence-corrected chi connectivity index (χ2v) is 11.8. The van der Waals surface area contributed by atoms with Crippen LogP contribution in [0.1, 0.15) is 32.1 Å². The quantitative estimate of drug-likeness (QED) is 0.368. The van der Waals surface area contributed by atoms with Crippen molar-refractivity contribution in [2.45, 2.75) is 57.8 Å². The van der Waals surface area contributed by atoms with Crippen LogP contribution in [0.25, 0.3) is 0 Å². The van der Waals surface area contributed by atoms with Crippen LogP contribution in [-0.4, -0.2) is 39.0 Å². The Bertz CT molecular complexity index is 401. The molecule has 0 radical (unpaired) electrons. The number of carbonyl (C=O) groups excluding carboxylic acids is 2. The molecular formula is C15H26O4SSi. The minimum Gasteiger partial charge on any atom is -0.469 e. The average molecular weight is 331 g/mol. The van der Waals surface area contributed by atoms with Crippen molar-refractivity contribution in [3.8, 4) is 0 Å². The van der Waals surface area contributed by atoms with E-state index in [-0.39, 0.29) is 17.9 Å². The summed E-state index contributed by atoms with van der Waals surface area (Å²) >= 11 is 1.62. The third-order valence-electron chi connectivity index (χ3n) is 3.01. The summed E-state index contributed by atoms with van der Waals surface area (Å²) in [5.41, 5.74) is 0. The Hall–Kier alpha value is -0.593. The molecule has 120 valence electrons. The second kappa shape index (κ2) is 8.75. The molecule has 21 heavy (non-hydrogen) atoms. The van der Waals surface area contributed by atoms with Crippen LogP contribution in [0.4, 0.5) is 0 Å². The van der Waals surface area contributed by atoms with Gasteiger partial charge < -0.3 is 9.16 Å². The molecule has 0 saturated carbocycles. The van der Waals surface area contributed by atoms with Gasteiger partial charge in [0.25, 0.3) is 0 Å². The average Bonchev–Trinajstić information content (AvgIpc) is 2.71. The Morgan fingerprint density at radius 2 is 2.05 bits per heavy atom. The van der Waals surface area contributed by atoms with Crippen molar-refractivity contribution >= 4 is 31.8 Å². The predicted octanol–water partition coefficient (Wildman–Crippen LogP) is 3.53. The van der Waals surface area contributed by atoms with Crippen molar-refractivity contribution < 1.29 is 18.8 Å². The molecule has 1 aliphatic carbocycles. The van der Waals surface area contributed by atoms with E-state index >= 15 is 0 Å². The van der Waals surface area contributed by atoms with Crippen LogP contribution in [0.5, 0.6) is 0 Å². The topological polar surface area (TPSA) is 52.6 Å². The van der Waals surface area contributed by atoms with Crippen LogP contribution < -0.4 is 0 Å². The molecule has 0 amide bonds. The molecular weight excluding hydrogens is 304 g/mol. The predicted molar refractivity (Wildman–Crippen MR) is 88.9 cm³/mol. The zero-order valence-corrected chi connectivity index (χ0v) is 15.3. The van der Waals surface area contributed by atoms with Gasteiger partial charge in [-0.2, -0.15) is 0 Å². The van der Waals surface area contributed by atoms with Crippen LogP contribution in [0.15, 0.2) is 11.0 Å². The number of allylic oxidation sites excluding steroid dienone is 1. The van der Waals surface area contributed by atoms with E-state index in [1.807, 2.05) is 6.08 Å². The molecule has 0 heterocycles. The Morgan fingerprint density at radius 3 is 2.67 bits per heavy atom. The first-order valence-corrected chi connectivity index (χ1v) is 11.8. The first kappa shape index (κ1) is 18.5. The fraction of sp³-hybridized carbons (Fsp3) is 0.733. The Balaban J connectivity index is 2.21. The van der Waals surface area contributed by atoms with E-state index in [0.717, 1.165) is 29.9 Å². The molecule has 0 N–H and O–H groups in total. The van der Waals surface area contributed by atoms with Gasteiger partial charge in [0.05, 0.1) is 13.2 Å². The SMILES string of the molecule is COC(=O)CCCCCSC1=CC(O[Si](C)(C)C)CC1=O. The van der Waals surface area contributed by atoms with Gasteiger partial charge in [0.15, 0.2) is 14.1 Å². The standard InChI is InChI=1S/C15H26O4SSi/c1-18-15(17)8-6-5-7-9-20-14-11-12(10-13(14)16)19-21(2,3)4/h11-12H,5-10H2,1-4H3. The highest BCUT2D eigenvalue weighted by molar-refractivity contribution is 8.04. The molecule has 0 aromatic rings. The smallest absolute Gasteiger partial charge is 0.305 e. The molecule has 1 rings (SSSR count). The number of methoxy groups -OCH3 is 1. The second-order valence-electron chi connectivity index (χ2n) is 6.16. The van der Waals surface area contributed by atoms with Crippen molar-refractivity contribution in [3.63, 3.8) is 0 Å². The molecule has 1 aliphatic rings. The molecule has 1 atom stereocenters. The lowest BCUT2D eigenvalue weighted by molar-refractivity contribution is -0.140. The normalized spacial score (nSPS) is 18.8. The van der Waals surface area contributed by atoms with Crippen LogP contribution >= 0.6 is 11.8 Å². The van der Waals surface area contributed by atoms with Gasteiger partial charge in [-0.25, -0.2) is 0 Å². The molecule has 0 aromatic heterocycles. The highest BCUT2D eigenvalue weighted by Gasteiger charge is 2.28. The monoisotopic (exact) mass is 330 g/mol. The summed E-state index contributed by atoms with van der Waals surface area (Å²) in [7, 11) is -0.183. The summed E-state index contributed by atoms with van der Waals surface area (Å²) in [6.45, 7) is 6.41. The number of rotatable bonds is 9. The van der Waals surface area contributed by atoms with Crippen LogP contribution in [0.2, 0.25) is 19.6 Å². The third-order valence-corrected chi connectivity index (χ3v) is 5.19. The van der Waals surface area contributed by atoms with Crippen LogP contribution in [-0.2, 0) is 18.8 Å². The summed E-state index contributed by atoms with van der Waals surface area (Å²) in [6.07, 6.45) is 5.78. The summed E-state index contributed by atoms with van der Waals surface area (Å²) in [4.78, 5) is 23.7. The van der Waals surface area contributed by atoms with Gasteiger partial charge >= 0.3 is 5.97 Å². The molecule has 4 nitrogen and oxygen atoms in total. The van der Waals surface area contributed by atoms with Crippen molar-refractivity contribution in [3.05, 3.63) is 11.0 Å². The lowest BCUT2D eigenvalue weighted by atomic mass is 10.2. The van der Waals surface area contributed by atoms with Gasteiger partial charge in [-0.1, -0.05) is 6.42 Å². The van der Waals surface area contributed by atoms with Gasteiger partial charge in [-0.15, -0.1) is 11.8 Å². The van der Waals surface area contributed by atoms with E-state index in [4.69, 9.17) is 4.43 Å². The van der Waals surface area contributed by atoms with Gasteiger partial charge in [-0.3, -0.25) is 9.59 Å². The third kappa shape index (κ3) is 7.83. The van der Waals surface area contributed by atoms with Crippen molar-refractivity contribution in [1.29, 1.82) is 0 Å². The molecule has 1 unspecified atom stereocenters. The number of hydrogen-bond acceptors (Lipinski definition) is 5. The van der Waals surface area contributed by atoms with E-state index in [2.05, 4.69) is 24.4 Å². The summed E-state index contributed by atoms with van der Waals surface area (Å²) in [5, 5.41) is 0. The van der Waals surface area contributed by atoms with Gasteiger partial charge in [0, 0.05) is 17.7 Å². The first-order valence-electron chi connectivity index (χ1n) is 7.44.